The fourth-order valence-electron chi connectivity index (χ4n) is 1.60. The summed E-state index contributed by atoms with van der Waals surface area (Å²) in [5.74, 6) is -0.329. The standard InChI is InChI=1S/C17H23NO4/c1-5-21-15(19)14-10-8-13(9-11-14)7-6-12-18-16(20)22-17(2,3)4/h6-11H,5,12H2,1-4H3,(H,18,20). The van der Waals surface area contributed by atoms with Crippen molar-refractivity contribution in [2.45, 2.75) is 33.3 Å². The average molecular weight is 305 g/mol. The van der Waals surface area contributed by atoms with Gasteiger partial charge in [-0.25, -0.2) is 9.59 Å². The number of hydrogen-bond acceptors (Lipinski definition) is 4. The maximum atomic E-state index is 11.5. The summed E-state index contributed by atoms with van der Waals surface area (Å²) in [6, 6.07) is 7.05. The topological polar surface area (TPSA) is 64.6 Å². The minimum atomic E-state index is -0.503. The summed E-state index contributed by atoms with van der Waals surface area (Å²) >= 11 is 0. The molecule has 22 heavy (non-hydrogen) atoms. The van der Waals surface area contributed by atoms with E-state index >= 15 is 0 Å². The third kappa shape index (κ3) is 6.92. The van der Waals surface area contributed by atoms with Crippen LogP contribution >= 0.6 is 0 Å². The lowest BCUT2D eigenvalue weighted by Gasteiger charge is -2.19. The first-order valence-electron chi connectivity index (χ1n) is 7.22. The average Bonchev–Trinajstić information content (AvgIpc) is 2.42. The van der Waals surface area contributed by atoms with Gasteiger partial charge in [-0.15, -0.1) is 0 Å². The highest BCUT2D eigenvalue weighted by Crippen LogP contribution is 2.08. The Morgan fingerprint density at radius 1 is 1.18 bits per heavy atom. The summed E-state index contributed by atoms with van der Waals surface area (Å²) < 4.78 is 10.0. The molecule has 0 atom stereocenters. The van der Waals surface area contributed by atoms with Gasteiger partial charge >= 0.3 is 12.1 Å². The molecule has 0 unspecified atom stereocenters. The Labute approximate surface area is 131 Å². The van der Waals surface area contributed by atoms with Crippen LogP contribution < -0.4 is 5.32 Å². The van der Waals surface area contributed by atoms with Gasteiger partial charge in [0.1, 0.15) is 5.60 Å². The molecule has 0 saturated heterocycles. The first-order chi connectivity index (χ1) is 10.3. The molecular weight excluding hydrogens is 282 g/mol. The molecule has 0 bridgehead atoms. The molecule has 5 nitrogen and oxygen atoms in total. The molecule has 0 aliphatic heterocycles. The summed E-state index contributed by atoms with van der Waals surface area (Å²) in [6.45, 7) is 7.94. The van der Waals surface area contributed by atoms with Gasteiger partial charge in [-0.2, -0.15) is 0 Å². The Kier molecular flexibility index (Phi) is 6.63. The van der Waals surface area contributed by atoms with Crippen LogP contribution in [0.1, 0.15) is 43.6 Å². The molecule has 0 saturated carbocycles. The van der Waals surface area contributed by atoms with E-state index in [9.17, 15) is 9.59 Å². The third-order valence-corrected chi connectivity index (χ3v) is 2.50. The molecule has 1 aromatic carbocycles. The molecule has 0 aromatic heterocycles. The van der Waals surface area contributed by atoms with Crippen molar-refractivity contribution in [3.05, 3.63) is 41.5 Å². The van der Waals surface area contributed by atoms with E-state index in [1.54, 1.807) is 19.1 Å². The minimum Gasteiger partial charge on any atom is -0.462 e. The molecular formula is C17H23NO4. The maximum absolute atomic E-state index is 11.5. The highest BCUT2D eigenvalue weighted by atomic mass is 16.6. The van der Waals surface area contributed by atoms with Crippen molar-refractivity contribution in [1.29, 1.82) is 0 Å². The van der Waals surface area contributed by atoms with E-state index in [1.165, 1.54) is 0 Å². The molecule has 1 amide bonds. The van der Waals surface area contributed by atoms with E-state index in [0.717, 1.165) is 5.56 Å². The predicted molar refractivity (Wildman–Crippen MR) is 85.7 cm³/mol. The SMILES string of the molecule is CCOC(=O)c1ccc(C=CCNC(=O)OC(C)(C)C)cc1. The molecule has 0 fully saturated rings. The Balaban J connectivity index is 2.44. The number of amides is 1. The monoisotopic (exact) mass is 305 g/mol. The molecule has 0 aliphatic rings. The van der Waals surface area contributed by atoms with Crippen molar-refractivity contribution in [2.24, 2.45) is 0 Å². The van der Waals surface area contributed by atoms with Crippen molar-refractivity contribution in [3.8, 4) is 0 Å². The van der Waals surface area contributed by atoms with Crippen molar-refractivity contribution in [3.63, 3.8) is 0 Å². The van der Waals surface area contributed by atoms with Crippen LogP contribution in [-0.4, -0.2) is 30.8 Å². The summed E-state index contributed by atoms with van der Waals surface area (Å²) in [5, 5.41) is 2.63. The van der Waals surface area contributed by atoms with Crippen molar-refractivity contribution in [1.82, 2.24) is 5.32 Å². The van der Waals surface area contributed by atoms with Crippen molar-refractivity contribution >= 4 is 18.1 Å². The molecule has 1 aromatic rings. The number of carbonyl (C=O) groups excluding carboxylic acids is 2. The zero-order valence-corrected chi connectivity index (χ0v) is 13.5. The van der Waals surface area contributed by atoms with E-state index in [1.807, 2.05) is 45.1 Å². The van der Waals surface area contributed by atoms with E-state index in [2.05, 4.69) is 5.32 Å². The number of hydrogen-bond donors (Lipinski definition) is 1. The smallest absolute Gasteiger partial charge is 0.407 e. The van der Waals surface area contributed by atoms with Gasteiger partial charge in [0, 0.05) is 6.54 Å². The lowest BCUT2D eigenvalue weighted by molar-refractivity contribution is 0.0519. The number of rotatable bonds is 5. The number of alkyl carbamates (subject to hydrolysis) is 1. The predicted octanol–water partition coefficient (Wildman–Crippen LogP) is 3.40. The molecule has 1 rings (SSSR count). The first kappa shape index (κ1) is 17.8. The zero-order chi connectivity index (χ0) is 16.6. The van der Waals surface area contributed by atoms with Gasteiger partial charge in [0.05, 0.1) is 12.2 Å². The van der Waals surface area contributed by atoms with E-state index in [4.69, 9.17) is 9.47 Å². The van der Waals surface area contributed by atoms with Gasteiger partial charge in [-0.3, -0.25) is 0 Å². The van der Waals surface area contributed by atoms with Crippen LogP contribution in [0.3, 0.4) is 0 Å². The molecule has 120 valence electrons. The number of benzene rings is 1. The van der Waals surface area contributed by atoms with E-state index in [0.29, 0.717) is 18.7 Å². The molecule has 0 radical (unpaired) electrons. The van der Waals surface area contributed by atoms with Crippen LogP contribution in [-0.2, 0) is 9.47 Å². The Bertz CT molecular complexity index is 527. The quantitative estimate of drug-likeness (QED) is 0.847. The fourth-order valence-corrected chi connectivity index (χ4v) is 1.60. The molecule has 0 spiro atoms. The van der Waals surface area contributed by atoms with Gasteiger partial charge in [-0.1, -0.05) is 24.3 Å². The number of nitrogens with one attached hydrogen (secondary N) is 1. The third-order valence-electron chi connectivity index (χ3n) is 2.50. The highest BCUT2D eigenvalue weighted by molar-refractivity contribution is 5.89. The van der Waals surface area contributed by atoms with Gasteiger partial charge in [0.25, 0.3) is 0 Å². The van der Waals surface area contributed by atoms with Crippen molar-refractivity contribution < 1.29 is 19.1 Å². The molecule has 0 heterocycles. The Morgan fingerprint density at radius 3 is 2.36 bits per heavy atom. The second kappa shape index (κ2) is 8.22. The second-order valence-corrected chi connectivity index (χ2v) is 5.63. The molecule has 1 N–H and O–H groups in total. The number of ether oxygens (including phenoxy) is 2. The van der Waals surface area contributed by atoms with Crippen LogP contribution in [0.15, 0.2) is 30.3 Å². The minimum absolute atomic E-state index is 0.329. The number of carbonyl (C=O) groups is 2. The maximum Gasteiger partial charge on any atom is 0.407 e. The Hall–Kier alpha value is -2.30. The summed E-state index contributed by atoms with van der Waals surface area (Å²) in [5.41, 5.74) is 0.946. The van der Waals surface area contributed by atoms with Crippen LogP contribution in [0.2, 0.25) is 0 Å². The van der Waals surface area contributed by atoms with Crippen LogP contribution in [0.4, 0.5) is 4.79 Å². The second-order valence-electron chi connectivity index (χ2n) is 5.63. The first-order valence-corrected chi connectivity index (χ1v) is 7.22. The fraction of sp³-hybridized carbons (Fsp3) is 0.412. The van der Waals surface area contributed by atoms with E-state index < -0.39 is 11.7 Å². The Morgan fingerprint density at radius 2 is 1.82 bits per heavy atom. The lowest BCUT2D eigenvalue weighted by Crippen LogP contribution is -2.32. The normalized spacial score (nSPS) is 11.3. The largest absolute Gasteiger partial charge is 0.462 e. The molecule has 5 heteroatoms. The zero-order valence-electron chi connectivity index (χ0n) is 13.5. The van der Waals surface area contributed by atoms with Crippen LogP contribution in [0.25, 0.3) is 6.08 Å². The summed E-state index contributed by atoms with van der Waals surface area (Å²) in [4.78, 5) is 22.9. The van der Waals surface area contributed by atoms with Gasteiger partial charge in [-0.05, 0) is 45.4 Å². The van der Waals surface area contributed by atoms with Gasteiger partial charge < -0.3 is 14.8 Å². The van der Waals surface area contributed by atoms with Crippen molar-refractivity contribution in [2.75, 3.05) is 13.2 Å². The lowest BCUT2D eigenvalue weighted by atomic mass is 10.1. The van der Waals surface area contributed by atoms with Crippen LogP contribution in [0, 0.1) is 0 Å². The summed E-state index contributed by atoms with van der Waals surface area (Å²) in [6.07, 6.45) is 3.21. The molecule has 0 aliphatic carbocycles. The number of esters is 1. The van der Waals surface area contributed by atoms with E-state index in [-0.39, 0.29) is 5.97 Å². The van der Waals surface area contributed by atoms with Gasteiger partial charge in [0.15, 0.2) is 0 Å². The van der Waals surface area contributed by atoms with Gasteiger partial charge in [0.2, 0.25) is 0 Å². The highest BCUT2D eigenvalue weighted by Gasteiger charge is 2.14. The van der Waals surface area contributed by atoms with Crippen LogP contribution in [0.5, 0.6) is 0 Å². The summed E-state index contributed by atoms with van der Waals surface area (Å²) in [7, 11) is 0.